The van der Waals surface area contributed by atoms with Crippen molar-refractivity contribution in [3.8, 4) is 0 Å². The second kappa shape index (κ2) is 9.08. The van der Waals surface area contributed by atoms with E-state index in [9.17, 15) is 19.5 Å². The summed E-state index contributed by atoms with van der Waals surface area (Å²) in [6.45, 7) is 2.06. The predicted molar refractivity (Wildman–Crippen MR) is 115 cm³/mol. The molecule has 0 aromatic carbocycles. The maximum atomic E-state index is 13.2. The Labute approximate surface area is 181 Å². The number of carbonyl (C=O) groups is 3. The summed E-state index contributed by atoms with van der Waals surface area (Å²) >= 11 is 1.48. The molecule has 4 atom stereocenters. The number of rotatable bonds is 5. The maximum Gasteiger partial charge on any atom is 0.341 e. The van der Waals surface area contributed by atoms with E-state index in [0.717, 1.165) is 61.8 Å². The van der Waals surface area contributed by atoms with Crippen LogP contribution in [-0.4, -0.2) is 29.6 Å². The van der Waals surface area contributed by atoms with Gasteiger partial charge >= 0.3 is 11.9 Å². The van der Waals surface area contributed by atoms with Crippen molar-refractivity contribution in [1.29, 1.82) is 0 Å². The van der Waals surface area contributed by atoms with E-state index in [0.29, 0.717) is 10.6 Å². The highest BCUT2D eigenvalue weighted by atomic mass is 32.1. The molecule has 2 N–H and O–H groups in total. The third-order valence-corrected chi connectivity index (χ3v) is 8.35. The Bertz CT molecular complexity index is 832. The van der Waals surface area contributed by atoms with Crippen LogP contribution < -0.4 is 5.32 Å². The number of esters is 1. The molecule has 2 fully saturated rings. The molecule has 0 aliphatic heterocycles. The van der Waals surface area contributed by atoms with Crippen molar-refractivity contribution in [3.05, 3.63) is 16.0 Å². The van der Waals surface area contributed by atoms with Crippen LogP contribution in [0, 0.1) is 23.7 Å². The Morgan fingerprint density at radius 3 is 2.40 bits per heavy atom. The molecular formula is C23H31NO5S. The Morgan fingerprint density at radius 1 is 1.03 bits per heavy atom. The number of carboxylic acids is 1. The van der Waals surface area contributed by atoms with Crippen molar-refractivity contribution in [3.63, 3.8) is 0 Å². The molecule has 0 spiro atoms. The monoisotopic (exact) mass is 433 g/mol. The molecule has 4 rings (SSSR count). The van der Waals surface area contributed by atoms with Gasteiger partial charge in [-0.1, -0.05) is 19.3 Å². The Kier molecular flexibility index (Phi) is 6.46. The van der Waals surface area contributed by atoms with Gasteiger partial charge in [0.15, 0.2) is 0 Å². The molecule has 7 heteroatoms. The largest absolute Gasteiger partial charge is 0.481 e. The molecule has 1 amide bonds. The molecule has 1 aromatic heterocycles. The molecule has 0 saturated heterocycles. The zero-order valence-corrected chi connectivity index (χ0v) is 18.4. The lowest BCUT2D eigenvalue weighted by Gasteiger charge is -2.27. The number of aliphatic carboxylic acids is 1. The van der Waals surface area contributed by atoms with Gasteiger partial charge in [0.25, 0.3) is 0 Å². The molecule has 30 heavy (non-hydrogen) atoms. The third-order valence-electron chi connectivity index (χ3n) is 7.14. The van der Waals surface area contributed by atoms with Crippen molar-refractivity contribution in [2.45, 2.75) is 71.1 Å². The average Bonchev–Trinajstić information content (AvgIpc) is 3.40. The second-order valence-corrected chi connectivity index (χ2v) is 10.0. The van der Waals surface area contributed by atoms with Crippen LogP contribution in [0.25, 0.3) is 0 Å². The minimum absolute atomic E-state index is 0.0973. The summed E-state index contributed by atoms with van der Waals surface area (Å²) in [4.78, 5) is 39.1. The number of fused-ring (bicyclic) bond motifs is 3. The van der Waals surface area contributed by atoms with E-state index >= 15 is 0 Å². The van der Waals surface area contributed by atoms with Crippen LogP contribution in [0.5, 0.6) is 0 Å². The van der Waals surface area contributed by atoms with Gasteiger partial charge in [0.2, 0.25) is 5.91 Å². The Morgan fingerprint density at radius 2 is 1.70 bits per heavy atom. The molecule has 1 heterocycles. The number of anilines is 1. The minimum atomic E-state index is -0.873. The molecule has 0 radical (unpaired) electrons. The maximum absolute atomic E-state index is 13.2. The minimum Gasteiger partial charge on any atom is -0.481 e. The van der Waals surface area contributed by atoms with Gasteiger partial charge in [-0.3, -0.25) is 9.59 Å². The van der Waals surface area contributed by atoms with Gasteiger partial charge in [0.05, 0.1) is 24.0 Å². The fraction of sp³-hybridized carbons (Fsp3) is 0.696. The highest BCUT2D eigenvalue weighted by Gasteiger charge is 2.54. The standard InChI is InChI=1S/C23H31NO5S/c1-2-29-23(28)19-15-8-6-4-3-5-7-9-16(15)30-21(19)24-20(25)17-13-10-11-14(12-13)18(17)22(26)27/h13-14,17-18H,2-12H2,1H3,(H,24,25)(H,26,27)/t13-,14-,17-,18-/m0/s1. The summed E-state index contributed by atoms with van der Waals surface area (Å²) in [5, 5.41) is 13.2. The van der Waals surface area contributed by atoms with Crippen LogP contribution in [0.15, 0.2) is 0 Å². The van der Waals surface area contributed by atoms with Gasteiger partial charge in [-0.05, 0) is 69.3 Å². The van der Waals surface area contributed by atoms with Gasteiger partial charge < -0.3 is 15.2 Å². The summed E-state index contributed by atoms with van der Waals surface area (Å²) in [5.74, 6) is -2.39. The SMILES string of the molecule is CCOC(=O)c1c(NC(=O)[C@H]2[C@H]3CC[C@@H](C3)[C@@H]2C(=O)O)sc2c1CCCCCCC2. The zero-order chi connectivity index (χ0) is 21.3. The summed E-state index contributed by atoms with van der Waals surface area (Å²) in [7, 11) is 0. The molecule has 1 aromatic rings. The first-order chi connectivity index (χ1) is 14.5. The first kappa shape index (κ1) is 21.3. The lowest BCUT2D eigenvalue weighted by Crippen LogP contribution is -2.38. The number of carbonyl (C=O) groups excluding carboxylic acids is 2. The number of carboxylic acid groups (broad SMARTS) is 1. The van der Waals surface area contributed by atoms with Crippen molar-refractivity contribution in [2.24, 2.45) is 23.7 Å². The number of hydrogen-bond donors (Lipinski definition) is 2. The zero-order valence-electron chi connectivity index (χ0n) is 17.6. The van der Waals surface area contributed by atoms with Crippen molar-refractivity contribution >= 4 is 34.2 Å². The van der Waals surface area contributed by atoms with Crippen LogP contribution >= 0.6 is 11.3 Å². The first-order valence-electron chi connectivity index (χ1n) is 11.4. The average molecular weight is 434 g/mol. The fourth-order valence-corrected chi connectivity index (χ4v) is 7.10. The van der Waals surface area contributed by atoms with Gasteiger partial charge in [0.1, 0.15) is 5.00 Å². The van der Waals surface area contributed by atoms with Crippen molar-refractivity contribution < 1.29 is 24.2 Å². The molecular weight excluding hydrogens is 402 g/mol. The number of thiophene rings is 1. The number of amides is 1. The van der Waals surface area contributed by atoms with E-state index < -0.39 is 17.8 Å². The fourth-order valence-electron chi connectivity index (χ4n) is 5.82. The topological polar surface area (TPSA) is 92.7 Å². The Hall–Kier alpha value is -1.89. The van der Waals surface area contributed by atoms with Gasteiger partial charge in [-0.25, -0.2) is 4.79 Å². The molecule has 0 unspecified atom stereocenters. The summed E-state index contributed by atoms with van der Waals surface area (Å²) in [5.41, 5.74) is 1.53. The summed E-state index contributed by atoms with van der Waals surface area (Å²) < 4.78 is 5.33. The van der Waals surface area contributed by atoms with Crippen LogP contribution in [0.4, 0.5) is 5.00 Å². The van der Waals surface area contributed by atoms with Crippen LogP contribution in [-0.2, 0) is 27.2 Å². The van der Waals surface area contributed by atoms with Gasteiger partial charge in [-0.15, -0.1) is 11.3 Å². The quantitative estimate of drug-likeness (QED) is 0.659. The predicted octanol–water partition coefficient (Wildman–Crippen LogP) is 4.66. The van der Waals surface area contributed by atoms with E-state index in [-0.39, 0.29) is 30.3 Å². The molecule has 3 aliphatic rings. The lowest BCUT2D eigenvalue weighted by atomic mass is 9.78. The summed E-state index contributed by atoms with van der Waals surface area (Å²) in [6.07, 6.45) is 10.0. The van der Waals surface area contributed by atoms with Gasteiger partial charge in [0, 0.05) is 4.88 Å². The molecule has 2 saturated carbocycles. The van der Waals surface area contributed by atoms with Crippen LogP contribution in [0.3, 0.4) is 0 Å². The number of aryl methyl sites for hydroxylation is 1. The van der Waals surface area contributed by atoms with Crippen molar-refractivity contribution in [1.82, 2.24) is 0 Å². The van der Waals surface area contributed by atoms with Crippen LogP contribution in [0.1, 0.15) is 79.1 Å². The Balaban J connectivity index is 1.63. The lowest BCUT2D eigenvalue weighted by molar-refractivity contribution is -0.148. The summed E-state index contributed by atoms with van der Waals surface area (Å²) in [6, 6.07) is 0. The van der Waals surface area contributed by atoms with E-state index in [2.05, 4.69) is 5.32 Å². The second-order valence-electron chi connectivity index (χ2n) is 8.91. The number of ether oxygens (including phenoxy) is 1. The highest BCUT2D eigenvalue weighted by molar-refractivity contribution is 7.17. The molecule has 2 bridgehead atoms. The third kappa shape index (κ3) is 4.01. The van der Waals surface area contributed by atoms with Gasteiger partial charge in [-0.2, -0.15) is 0 Å². The van der Waals surface area contributed by atoms with Crippen molar-refractivity contribution in [2.75, 3.05) is 11.9 Å². The highest BCUT2D eigenvalue weighted by Crippen LogP contribution is 2.53. The molecule has 3 aliphatic carbocycles. The van der Waals surface area contributed by atoms with E-state index in [1.165, 1.54) is 24.2 Å². The van der Waals surface area contributed by atoms with E-state index in [4.69, 9.17) is 4.74 Å². The first-order valence-corrected chi connectivity index (χ1v) is 12.2. The molecule has 6 nitrogen and oxygen atoms in total. The molecule has 164 valence electrons. The van der Waals surface area contributed by atoms with E-state index in [1.807, 2.05) is 0 Å². The normalized spacial score (nSPS) is 28.2. The smallest absolute Gasteiger partial charge is 0.341 e. The van der Waals surface area contributed by atoms with Crippen LogP contribution in [0.2, 0.25) is 0 Å². The number of nitrogens with one attached hydrogen (secondary N) is 1. The number of hydrogen-bond acceptors (Lipinski definition) is 5. The van der Waals surface area contributed by atoms with E-state index in [1.54, 1.807) is 6.92 Å².